The molecule has 124 valence electrons. The van der Waals surface area contributed by atoms with Gasteiger partial charge in [0.25, 0.3) is 0 Å². The van der Waals surface area contributed by atoms with Crippen LogP contribution in [0.1, 0.15) is 22.4 Å². The number of aryl methyl sites for hydroxylation is 1. The quantitative estimate of drug-likeness (QED) is 0.665. The van der Waals surface area contributed by atoms with Gasteiger partial charge in [-0.15, -0.1) is 11.3 Å². The predicted molar refractivity (Wildman–Crippen MR) is 91.2 cm³/mol. The molecule has 1 aromatic heterocycles. The van der Waals surface area contributed by atoms with Gasteiger partial charge in [0.1, 0.15) is 5.75 Å². The van der Waals surface area contributed by atoms with Gasteiger partial charge < -0.3 is 14.2 Å². The van der Waals surface area contributed by atoms with E-state index in [0.717, 1.165) is 21.8 Å². The molecule has 1 heterocycles. The van der Waals surface area contributed by atoms with Gasteiger partial charge in [0.2, 0.25) is 0 Å². The van der Waals surface area contributed by atoms with Crippen molar-refractivity contribution in [1.29, 1.82) is 0 Å². The zero-order valence-electron chi connectivity index (χ0n) is 13.1. The number of methoxy groups -OCH3 is 2. The van der Waals surface area contributed by atoms with Gasteiger partial charge in [-0.1, -0.05) is 23.7 Å². The molecule has 0 amide bonds. The van der Waals surface area contributed by atoms with Gasteiger partial charge in [-0.05, 0) is 30.2 Å². The van der Waals surface area contributed by atoms with Crippen LogP contribution >= 0.6 is 22.9 Å². The second-order valence-corrected chi connectivity index (χ2v) is 6.67. The normalized spacial score (nSPS) is 10.6. The Hall–Kier alpha value is -1.56. The van der Waals surface area contributed by atoms with Crippen LogP contribution in [0.15, 0.2) is 30.3 Å². The zero-order valence-corrected chi connectivity index (χ0v) is 14.7. The molecule has 0 aliphatic rings. The molecular formula is C17H19ClO4S. The summed E-state index contributed by atoms with van der Waals surface area (Å²) >= 11 is 7.70. The van der Waals surface area contributed by atoms with E-state index >= 15 is 0 Å². The van der Waals surface area contributed by atoms with Gasteiger partial charge in [-0.25, -0.2) is 0 Å². The lowest BCUT2D eigenvalue weighted by molar-refractivity contribution is -0.140. The van der Waals surface area contributed by atoms with Crippen LogP contribution in [-0.2, 0) is 33.9 Å². The number of rotatable bonds is 8. The lowest BCUT2D eigenvalue weighted by Crippen LogP contribution is -2.00. The van der Waals surface area contributed by atoms with E-state index in [2.05, 4.69) is 4.74 Å². The lowest BCUT2D eigenvalue weighted by Gasteiger charge is -2.05. The fourth-order valence-electron chi connectivity index (χ4n) is 2.01. The Bertz CT molecular complexity index is 637. The second kappa shape index (κ2) is 8.91. The molecule has 0 atom stereocenters. The average molecular weight is 355 g/mol. The Morgan fingerprint density at radius 1 is 1.17 bits per heavy atom. The van der Waals surface area contributed by atoms with E-state index in [9.17, 15) is 4.79 Å². The van der Waals surface area contributed by atoms with Crippen molar-refractivity contribution in [2.24, 2.45) is 0 Å². The molecule has 0 fully saturated rings. The highest BCUT2D eigenvalue weighted by atomic mass is 35.5. The number of halogens is 1. The maximum Gasteiger partial charge on any atom is 0.305 e. The first-order valence-corrected chi connectivity index (χ1v) is 8.36. The second-order valence-electron chi connectivity index (χ2n) is 4.93. The Kier molecular flexibility index (Phi) is 6.89. The van der Waals surface area contributed by atoms with Crippen LogP contribution < -0.4 is 4.74 Å². The molecule has 0 aliphatic heterocycles. The van der Waals surface area contributed by atoms with Crippen molar-refractivity contribution < 1.29 is 19.0 Å². The highest BCUT2D eigenvalue weighted by Gasteiger charge is 2.09. The molecule has 0 saturated carbocycles. The third kappa shape index (κ3) is 5.53. The zero-order chi connectivity index (χ0) is 16.7. The summed E-state index contributed by atoms with van der Waals surface area (Å²) in [6.07, 6.45) is 0.995. The third-order valence-electron chi connectivity index (χ3n) is 3.30. The summed E-state index contributed by atoms with van der Waals surface area (Å²) in [4.78, 5) is 12.2. The molecule has 0 aliphatic carbocycles. The molecule has 0 bridgehead atoms. The number of carbonyl (C=O) groups excluding carboxylic acids is 1. The van der Waals surface area contributed by atoms with Crippen molar-refractivity contribution >= 4 is 28.9 Å². The van der Waals surface area contributed by atoms with Crippen molar-refractivity contribution in [3.63, 3.8) is 0 Å². The first-order chi connectivity index (χ1) is 11.1. The van der Waals surface area contributed by atoms with Crippen molar-refractivity contribution in [1.82, 2.24) is 0 Å². The van der Waals surface area contributed by atoms with Crippen LogP contribution in [0.4, 0.5) is 0 Å². The SMILES string of the molecule is COC(=O)CCc1cc(COCc2ccc(OC)cc2)c(Cl)s1. The van der Waals surface area contributed by atoms with Crippen LogP contribution in [0, 0.1) is 0 Å². The van der Waals surface area contributed by atoms with Crippen LogP contribution in [0.5, 0.6) is 5.75 Å². The Morgan fingerprint density at radius 2 is 1.91 bits per heavy atom. The fourth-order valence-corrected chi connectivity index (χ4v) is 3.30. The van der Waals surface area contributed by atoms with Crippen molar-refractivity contribution in [3.8, 4) is 5.75 Å². The first kappa shape index (κ1) is 17.8. The smallest absolute Gasteiger partial charge is 0.305 e. The maximum absolute atomic E-state index is 11.2. The van der Waals surface area contributed by atoms with E-state index in [4.69, 9.17) is 21.1 Å². The minimum atomic E-state index is -0.216. The highest BCUT2D eigenvalue weighted by molar-refractivity contribution is 7.16. The van der Waals surface area contributed by atoms with Crippen LogP contribution in [0.2, 0.25) is 4.34 Å². The molecule has 4 nitrogen and oxygen atoms in total. The number of esters is 1. The largest absolute Gasteiger partial charge is 0.497 e. The van der Waals surface area contributed by atoms with Gasteiger partial charge in [-0.3, -0.25) is 4.79 Å². The minimum absolute atomic E-state index is 0.216. The highest BCUT2D eigenvalue weighted by Crippen LogP contribution is 2.29. The summed E-state index contributed by atoms with van der Waals surface area (Å²) in [5, 5.41) is 0. The van der Waals surface area contributed by atoms with E-state index in [0.29, 0.717) is 30.4 Å². The molecule has 0 radical (unpaired) electrons. The third-order valence-corrected chi connectivity index (χ3v) is 4.80. The summed E-state index contributed by atoms with van der Waals surface area (Å²) in [5.74, 6) is 0.608. The fraction of sp³-hybridized carbons (Fsp3) is 0.353. The van der Waals surface area contributed by atoms with Gasteiger partial charge in [0.15, 0.2) is 0 Å². The molecule has 0 spiro atoms. The van der Waals surface area contributed by atoms with E-state index in [1.165, 1.54) is 18.4 Å². The first-order valence-electron chi connectivity index (χ1n) is 7.17. The number of thiophene rings is 1. The molecule has 2 rings (SSSR count). The number of hydrogen-bond acceptors (Lipinski definition) is 5. The standard InChI is InChI=1S/C17H19ClO4S/c1-20-14-5-3-12(4-6-14)10-22-11-13-9-15(23-17(13)18)7-8-16(19)21-2/h3-6,9H,7-8,10-11H2,1-2H3. The molecule has 1 aromatic carbocycles. The van der Waals surface area contributed by atoms with Gasteiger partial charge >= 0.3 is 5.97 Å². The Labute approximate surface area is 144 Å². The van der Waals surface area contributed by atoms with Crippen molar-refractivity contribution in [2.45, 2.75) is 26.1 Å². The summed E-state index contributed by atoms with van der Waals surface area (Å²) < 4.78 is 16.2. The molecule has 6 heteroatoms. The molecule has 0 unspecified atom stereocenters. The van der Waals surface area contributed by atoms with E-state index < -0.39 is 0 Å². The van der Waals surface area contributed by atoms with Gasteiger partial charge in [0.05, 0.1) is 38.2 Å². The van der Waals surface area contributed by atoms with Crippen LogP contribution in [0.25, 0.3) is 0 Å². The van der Waals surface area contributed by atoms with E-state index in [1.807, 2.05) is 30.3 Å². The monoisotopic (exact) mass is 354 g/mol. The predicted octanol–water partition coefficient (Wildman–Crippen LogP) is 4.23. The number of carbonyl (C=O) groups is 1. The van der Waals surface area contributed by atoms with Crippen LogP contribution in [0.3, 0.4) is 0 Å². The molecule has 23 heavy (non-hydrogen) atoms. The molecular weight excluding hydrogens is 336 g/mol. The average Bonchev–Trinajstić information content (AvgIpc) is 2.93. The van der Waals surface area contributed by atoms with E-state index in [1.54, 1.807) is 7.11 Å². The summed E-state index contributed by atoms with van der Waals surface area (Å²) in [5.41, 5.74) is 2.02. The maximum atomic E-state index is 11.2. The molecule has 0 saturated heterocycles. The Balaban J connectivity index is 1.82. The molecule has 2 aromatic rings. The van der Waals surface area contributed by atoms with Crippen molar-refractivity contribution in [3.05, 3.63) is 50.7 Å². The van der Waals surface area contributed by atoms with Gasteiger partial charge in [-0.2, -0.15) is 0 Å². The molecule has 0 N–H and O–H groups in total. The van der Waals surface area contributed by atoms with Gasteiger partial charge in [0, 0.05) is 10.4 Å². The summed E-state index contributed by atoms with van der Waals surface area (Å²) in [6.45, 7) is 0.952. The number of hydrogen-bond donors (Lipinski definition) is 0. The number of benzene rings is 1. The van der Waals surface area contributed by atoms with Crippen molar-refractivity contribution in [2.75, 3.05) is 14.2 Å². The minimum Gasteiger partial charge on any atom is -0.497 e. The van der Waals surface area contributed by atoms with Crippen LogP contribution in [-0.4, -0.2) is 20.2 Å². The Morgan fingerprint density at radius 3 is 2.57 bits per heavy atom. The topological polar surface area (TPSA) is 44.8 Å². The summed E-state index contributed by atoms with van der Waals surface area (Å²) in [7, 11) is 3.03. The lowest BCUT2D eigenvalue weighted by atomic mass is 10.2. The van der Waals surface area contributed by atoms with E-state index in [-0.39, 0.29) is 5.97 Å². The summed E-state index contributed by atoms with van der Waals surface area (Å²) in [6, 6.07) is 9.73. The number of ether oxygens (including phenoxy) is 3.